The second kappa shape index (κ2) is 7.31. The molecule has 128 valence electrons. The first-order chi connectivity index (χ1) is 11.3. The lowest BCUT2D eigenvalue weighted by molar-refractivity contribution is -0.139. The summed E-state index contributed by atoms with van der Waals surface area (Å²) in [6, 6.07) is 8.62. The number of aromatic nitrogens is 1. The normalized spacial score (nSPS) is 11.3. The van der Waals surface area contributed by atoms with E-state index in [1.54, 1.807) is 24.3 Å². The number of halogens is 3. The van der Waals surface area contributed by atoms with Crippen LogP contribution in [0.1, 0.15) is 16.7 Å². The van der Waals surface area contributed by atoms with E-state index >= 15 is 0 Å². The molecule has 0 atom stereocenters. The van der Waals surface area contributed by atoms with Gasteiger partial charge in [0.1, 0.15) is 12.1 Å². The van der Waals surface area contributed by atoms with Gasteiger partial charge in [0.25, 0.3) is 5.56 Å². The molecule has 8 heteroatoms. The standard InChI is InChI=1S/C16H15F3N2O3/c17-16(18,19)13-6-3-7-21(15(13)24)9-14(23)20-8-11-4-1-2-5-12(11)10-22/h1-7,22H,8-10H2,(H,20,23). The second-order valence-electron chi connectivity index (χ2n) is 5.06. The molecule has 0 aliphatic heterocycles. The van der Waals surface area contributed by atoms with Crippen LogP contribution in [0.3, 0.4) is 0 Å². The van der Waals surface area contributed by atoms with Crippen LogP contribution >= 0.6 is 0 Å². The van der Waals surface area contributed by atoms with Gasteiger partial charge in [-0.3, -0.25) is 9.59 Å². The molecule has 1 heterocycles. The van der Waals surface area contributed by atoms with Gasteiger partial charge in [0.05, 0.1) is 6.61 Å². The fourth-order valence-electron chi connectivity index (χ4n) is 2.17. The molecule has 5 nitrogen and oxygen atoms in total. The summed E-state index contributed by atoms with van der Waals surface area (Å²) in [7, 11) is 0. The molecule has 0 bridgehead atoms. The van der Waals surface area contributed by atoms with Crippen molar-refractivity contribution in [1.29, 1.82) is 0 Å². The summed E-state index contributed by atoms with van der Waals surface area (Å²) in [6.07, 6.45) is -3.64. The van der Waals surface area contributed by atoms with Gasteiger partial charge < -0.3 is 15.0 Å². The second-order valence-corrected chi connectivity index (χ2v) is 5.06. The van der Waals surface area contributed by atoms with E-state index in [1.807, 2.05) is 0 Å². The van der Waals surface area contributed by atoms with Crippen molar-refractivity contribution in [2.45, 2.75) is 25.9 Å². The summed E-state index contributed by atoms with van der Waals surface area (Å²) in [4.78, 5) is 23.6. The molecule has 24 heavy (non-hydrogen) atoms. The number of hydrogen-bond donors (Lipinski definition) is 2. The van der Waals surface area contributed by atoms with Crippen molar-refractivity contribution >= 4 is 5.91 Å². The summed E-state index contributed by atoms with van der Waals surface area (Å²) < 4.78 is 38.7. The molecule has 0 unspecified atom stereocenters. The van der Waals surface area contributed by atoms with Gasteiger partial charge >= 0.3 is 6.18 Å². The number of carbonyl (C=O) groups is 1. The third-order valence-corrected chi connectivity index (χ3v) is 3.40. The monoisotopic (exact) mass is 340 g/mol. The molecule has 0 aliphatic carbocycles. The zero-order valence-corrected chi connectivity index (χ0v) is 12.5. The van der Waals surface area contributed by atoms with Crippen LogP contribution in [0.2, 0.25) is 0 Å². The Morgan fingerprint density at radius 2 is 1.79 bits per heavy atom. The summed E-state index contributed by atoms with van der Waals surface area (Å²) in [6.45, 7) is -0.619. The third kappa shape index (κ3) is 4.23. The lowest BCUT2D eigenvalue weighted by atomic mass is 10.1. The number of carbonyl (C=O) groups excluding carboxylic acids is 1. The van der Waals surface area contributed by atoms with Crippen LogP contribution in [0, 0.1) is 0 Å². The maximum Gasteiger partial charge on any atom is 0.421 e. The molecule has 2 aromatic rings. The average molecular weight is 340 g/mol. The lowest BCUT2D eigenvalue weighted by Gasteiger charge is -2.11. The van der Waals surface area contributed by atoms with Crippen LogP contribution in [-0.2, 0) is 30.7 Å². The minimum absolute atomic E-state index is 0.100. The predicted octanol–water partition coefficient (Wildman–Crippen LogP) is 1.68. The molecule has 0 saturated heterocycles. The fraction of sp³-hybridized carbons (Fsp3) is 0.250. The Kier molecular flexibility index (Phi) is 5.40. The van der Waals surface area contributed by atoms with E-state index in [1.165, 1.54) is 0 Å². The van der Waals surface area contributed by atoms with Crippen LogP contribution < -0.4 is 10.9 Å². The number of nitrogens with zero attached hydrogens (tertiary/aromatic N) is 1. The topological polar surface area (TPSA) is 71.3 Å². The molecule has 0 radical (unpaired) electrons. The number of aliphatic hydroxyl groups is 1. The summed E-state index contributed by atoms with van der Waals surface area (Å²) in [5.41, 5.74) is -1.27. The number of hydrogen-bond acceptors (Lipinski definition) is 3. The highest BCUT2D eigenvalue weighted by molar-refractivity contribution is 5.75. The Morgan fingerprint density at radius 3 is 2.42 bits per heavy atom. The van der Waals surface area contributed by atoms with Gasteiger partial charge in [-0.1, -0.05) is 24.3 Å². The molecule has 1 aromatic carbocycles. The van der Waals surface area contributed by atoms with E-state index in [-0.39, 0.29) is 13.2 Å². The molecule has 0 fully saturated rings. The van der Waals surface area contributed by atoms with E-state index in [4.69, 9.17) is 0 Å². The number of alkyl halides is 3. The van der Waals surface area contributed by atoms with E-state index in [9.17, 15) is 27.9 Å². The number of benzene rings is 1. The Labute approximate surface area is 135 Å². The van der Waals surface area contributed by atoms with Crippen LogP contribution in [0.4, 0.5) is 13.2 Å². The van der Waals surface area contributed by atoms with Crippen molar-refractivity contribution in [3.05, 3.63) is 69.6 Å². The Balaban J connectivity index is 2.07. The van der Waals surface area contributed by atoms with Crippen LogP contribution in [0.25, 0.3) is 0 Å². The van der Waals surface area contributed by atoms with Crippen molar-refractivity contribution in [3.8, 4) is 0 Å². The van der Waals surface area contributed by atoms with E-state index < -0.39 is 29.8 Å². The van der Waals surface area contributed by atoms with Gasteiger partial charge in [-0.05, 0) is 23.3 Å². The molecule has 0 saturated carbocycles. The van der Waals surface area contributed by atoms with Gasteiger partial charge in [-0.15, -0.1) is 0 Å². The van der Waals surface area contributed by atoms with Gasteiger partial charge in [-0.2, -0.15) is 13.2 Å². The zero-order valence-electron chi connectivity index (χ0n) is 12.5. The van der Waals surface area contributed by atoms with E-state index in [2.05, 4.69) is 5.32 Å². The lowest BCUT2D eigenvalue weighted by Crippen LogP contribution is -2.34. The van der Waals surface area contributed by atoms with Crippen molar-refractivity contribution in [2.24, 2.45) is 0 Å². The molecular formula is C16H15F3N2O3. The maximum absolute atomic E-state index is 12.7. The minimum atomic E-state index is -4.77. The van der Waals surface area contributed by atoms with Gasteiger partial charge in [0.15, 0.2) is 0 Å². The van der Waals surface area contributed by atoms with Gasteiger partial charge in [0, 0.05) is 12.7 Å². The SMILES string of the molecule is O=C(Cn1cccc(C(F)(F)F)c1=O)NCc1ccccc1CO. The van der Waals surface area contributed by atoms with Gasteiger partial charge in [0.2, 0.25) is 5.91 Å². The van der Waals surface area contributed by atoms with Crippen LogP contribution in [0.5, 0.6) is 0 Å². The third-order valence-electron chi connectivity index (χ3n) is 3.40. The molecule has 0 spiro atoms. The number of rotatable bonds is 5. The van der Waals surface area contributed by atoms with E-state index in [0.717, 1.165) is 12.3 Å². The Bertz CT molecular complexity index is 785. The van der Waals surface area contributed by atoms with Crippen molar-refractivity contribution in [3.63, 3.8) is 0 Å². The Morgan fingerprint density at radius 1 is 1.12 bits per heavy atom. The molecule has 2 N–H and O–H groups in total. The van der Waals surface area contributed by atoms with Crippen molar-refractivity contribution in [1.82, 2.24) is 9.88 Å². The van der Waals surface area contributed by atoms with Gasteiger partial charge in [-0.25, -0.2) is 0 Å². The quantitative estimate of drug-likeness (QED) is 0.870. The number of pyridine rings is 1. The highest BCUT2D eigenvalue weighted by Gasteiger charge is 2.34. The maximum atomic E-state index is 12.7. The number of amides is 1. The largest absolute Gasteiger partial charge is 0.421 e. The van der Waals surface area contributed by atoms with Crippen molar-refractivity contribution < 1.29 is 23.1 Å². The van der Waals surface area contributed by atoms with E-state index in [0.29, 0.717) is 21.8 Å². The molecule has 2 rings (SSSR count). The first-order valence-corrected chi connectivity index (χ1v) is 7.04. The minimum Gasteiger partial charge on any atom is -0.392 e. The highest BCUT2D eigenvalue weighted by Crippen LogP contribution is 2.25. The molecule has 1 amide bonds. The average Bonchev–Trinajstić information content (AvgIpc) is 2.54. The first kappa shape index (κ1) is 17.7. The molecular weight excluding hydrogens is 325 g/mol. The Hall–Kier alpha value is -2.61. The first-order valence-electron chi connectivity index (χ1n) is 7.04. The molecule has 0 aliphatic rings. The zero-order chi connectivity index (χ0) is 17.7. The van der Waals surface area contributed by atoms with Crippen molar-refractivity contribution in [2.75, 3.05) is 0 Å². The molecule has 1 aromatic heterocycles. The van der Waals surface area contributed by atoms with Crippen LogP contribution in [-0.4, -0.2) is 15.6 Å². The smallest absolute Gasteiger partial charge is 0.392 e. The summed E-state index contributed by atoms with van der Waals surface area (Å²) >= 11 is 0. The number of aliphatic hydroxyl groups excluding tert-OH is 1. The number of nitrogens with one attached hydrogen (secondary N) is 1. The predicted molar refractivity (Wildman–Crippen MR) is 79.9 cm³/mol. The fourth-order valence-corrected chi connectivity index (χ4v) is 2.17. The van der Waals surface area contributed by atoms with Crippen LogP contribution in [0.15, 0.2) is 47.4 Å². The summed E-state index contributed by atoms with van der Waals surface area (Å²) in [5, 5.41) is 11.7. The highest BCUT2D eigenvalue weighted by atomic mass is 19.4. The summed E-state index contributed by atoms with van der Waals surface area (Å²) in [5.74, 6) is -0.607.